The van der Waals surface area contributed by atoms with E-state index in [1.165, 1.54) is 19.2 Å². The van der Waals surface area contributed by atoms with Crippen molar-refractivity contribution < 1.29 is 27.8 Å². The summed E-state index contributed by atoms with van der Waals surface area (Å²) in [4.78, 5) is 17.4. The SMILES string of the molecule is COc1cccc(C(c2cccc(C(F)(F)F)c2)N(C(=O)O)C(C)(C)C)n1. The number of carboxylic acid groups (broad SMARTS) is 1. The van der Waals surface area contributed by atoms with Crippen molar-refractivity contribution >= 4 is 6.09 Å². The number of benzene rings is 1. The Bertz CT molecular complexity index is 816. The van der Waals surface area contributed by atoms with E-state index >= 15 is 0 Å². The molecule has 0 fully saturated rings. The van der Waals surface area contributed by atoms with Crippen molar-refractivity contribution in [3.05, 3.63) is 59.3 Å². The van der Waals surface area contributed by atoms with Gasteiger partial charge in [-0.2, -0.15) is 13.2 Å². The predicted octanol–water partition coefficient (Wildman–Crippen LogP) is 4.98. The fourth-order valence-corrected chi connectivity index (χ4v) is 2.82. The average Bonchev–Trinajstić information content (AvgIpc) is 2.57. The van der Waals surface area contributed by atoms with Crippen LogP contribution >= 0.6 is 0 Å². The molecule has 0 aliphatic carbocycles. The van der Waals surface area contributed by atoms with Gasteiger partial charge in [0.15, 0.2) is 0 Å². The van der Waals surface area contributed by atoms with E-state index in [4.69, 9.17) is 4.74 Å². The monoisotopic (exact) mass is 382 g/mol. The number of hydrogen-bond acceptors (Lipinski definition) is 3. The zero-order valence-corrected chi connectivity index (χ0v) is 15.4. The molecule has 1 aromatic carbocycles. The molecular weight excluding hydrogens is 361 g/mol. The Morgan fingerprint density at radius 2 is 1.78 bits per heavy atom. The summed E-state index contributed by atoms with van der Waals surface area (Å²) in [6, 6.07) is 8.33. The molecule has 0 radical (unpaired) electrons. The number of methoxy groups -OCH3 is 1. The van der Waals surface area contributed by atoms with E-state index in [2.05, 4.69) is 4.98 Å². The zero-order valence-electron chi connectivity index (χ0n) is 15.4. The van der Waals surface area contributed by atoms with Crippen LogP contribution in [-0.2, 0) is 6.18 Å². The van der Waals surface area contributed by atoms with Crippen molar-refractivity contribution in [1.82, 2.24) is 9.88 Å². The van der Waals surface area contributed by atoms with Crippen LogP contribution in [0.25, 0.3) is 0 Å². The molecule has 146 valence electrons. The van der Waals surface area contributed by atoms with Crippen molar-refractivity contribution in [3.8, 4) is 5.88 Å². The molecule has 5 nitrogen and oxygen atoms in total. The molecule has 1 unspecified atom stereocenters. The van der Waals surface area contributed by atoms with Gasteiger partial charge in [0.2, 0.25) is 5.88 Å². The number of aromatic nitrogens is 1. The third-order valence-corrected chi connectivity index (χ3v) is 3.95. The third kappa shape index (κ3) is 4.69. The Labute approximate surface area is 155 Å². The topological polar surface area (TPSA) is 62.7 Å². The second-order valence-electron chi connectivity index (χ2n) is 6.95. The second-order valence-corrected chi connectivity index (χ2v) is 6.95. The van der Waals surface area contributed by atoms with Gasteiger partial charge in [0.25, 0.3) is 0 Å². The highest BCUT2D eigenvalue weighted by Gasteiger charge is 2.38. The summed E-state index contributed by atoms with van der Waals surface area (Å²) in [5.74, 6) is 0.240. The van der Waals surface area contributed by atoms with E-state index in [1.807, 2.05) is 0 Å². The normalized spacial score (nSPS) is 13.1. The summed E-state index contributed by atoms with van der Waals surface area (Å²) < 4.78 is 44.6. The molecule has 0 aliphatic rings. The predicted molar refractivity (Wildman–Crippen MR) is 93.7 cm³/mol. The summed E-state index contributed by atoms with van der Waals surface area (Å²) >= 11 is 0. The first-order valence-corrected chi connectivity index (χ1v) is 8.15. The number of carbonyl (C=O) groups is 1. The Balaban J connectivity index is 2.71. The van der Waals surface area contributed by atoms with Crippen LogP contribution in [0.2, 0.25) is 0 Å². The summed E-state index contributed by atoms with van der Waals surface area (Å²) in [7, 11) is 1.41. The number of ether oxygens (including phenoxy) is 1. The Kier molecular flexibility index (Phi) is 5.67. The van der Waals surface area contributed by atoms with Crippen LogP contribution in [0.3, 0.4) is 0 Å². The molecule has 27 heavy (non-hydrogen) atoms. The molecule has 0 spiro atoms. The van der Waals surface area contributed by atoms with E-state index in [-0.39, 0.29) is 17.1 Å². The lowest BCUT2D eigenvalue weighted by molar-refractivity contribution is -0.137. The molecule has 1 heterocycles. The second kappa shape index (κ2) is 7.46. The van der Waals surface area contributed by atoms with Gasteiger partial charge in [0.05, 0.1) is 18.4 Å². The molecule has 1 aromatic heterocycles. The number of hydrogen-bond donors (Lipinski definition) is 1. The van der Waals surface area contributed by atoms with Gasteiger partial charge in [-0.05, 0) is 44.5 Å². The molecule has 8 heteroatoms. The molecule has 0 saturated carbocycles. The quantitative estimate of drug-likeness (QED) is 0.810. The number of amides is 1. The highest BCUT2D eigenvalue weighted by molar-refractivity contribution is 5.67. The van der Waals surface area contributed by atoms with Crippen LogP contribution in [0.4, 0.5) is 18.0 Å². The van der Waals surface area contributed by atoms with Gasteiger partial charge in [-0.1, -0.05) is 18.2 Å². The molecule has 2 aromatic rings. The maximum Gasteiger partial charge on any atom is 0.416 e. The van der Waals surface area contributed by atoms with Gasteiger partial charge in [0.1, 0.15) is 6.04 Å². The molecule has 0 saturated heterocycles. The van der Waals surface area contributed by atoms with Crippen molar-refractivity contribution in [2.45, 2.75) is 38.5 Å². The number of rotatable bonds is 4. The van der Waals surface area contributed by atoms with Crippen LogP contribution < -0.4 is 4.74 Å². The summed E-state index contributed by atoms with van der Waals surface area (Å²) in [5.41, 5.74) is -1.31. The highest BCUT2D eigenvalue weighted by atomic mass is 19.4. The fraction of sp³-hybridized carbons (Fsp3) is 0.368. The minimum Gasteiger partial charge on any atom is -0.481 e. The minimum atomic E-state index is -4.54. The molecule has 1 N–H and O–H groups in total. The Hall–Kier alpha value is -2.77. The zero-order chi connectivity index (χ0) is 20.4. The maximum absolute atomic E-state index is 13.2. The van der Waals surface area contributed by atoms with E-state index in [9.17, 15) is 23.1 Å². The molecule has 1 atom stereocenters. The first kappa shape index (κ1) is 20.5. The van der Waals surface area contributed by atoms with E-state index < -0.39 is 29.4 Å². The molecular formula is C19H21F3N2O3. The largest absolute Gasteiger partial charge is 0.481 e. The minimum absolute atomic E-state index is 0.169. The summed E-state index contributed by atoms with van der Waals surface area (Å²) in [6.45, 7) is 5.01. The smallest absolute Gasteiger partial charge is 0.416 e. The highest BCUT2D eigenvalue weighted by Crippen LogP contribution is 2.37. The maximum atomic E-state index is 13.2. The molecule has 0 bridgehead atoms. The van der Waals surface area contributed by atoms with Gasteiger partial charge in [-0.15, -0.1) is 0 Å². The van der Waals surface area contributed by atoms with Crippen LogP contribution in [0.1, 0.15) is 43.6 Å². The van der Waals surface area contributed by atoms with E-state index in [1.54, 1.807) is 39.0 Å². The van der Waals surface area contributed by atoms with E-state index in [0.717, 1.165) is 17.0 Å². The molecule has 0 aliphatic heterocycles. The number of halogens is 3. The summed E-state index contributed by atoms with van der Waals surface area (Å²) in [6.07, 6.45) is -5.81. The van der Waals surface area contributed by atoms with Gasteiger partial charge in [-0.25, -0.2) is 9.78 Å². The van der Waals surface area contributed by atoms with Crippen molar-refractivity contribution in [3.63, 3.8) is 0 Å². The Morgan fingerprint density at radius 3 is 2.30 bits per heavy atom. The van der Waals surface area contributed by atoms with Crippen molar-refractivity contribution in [2.24, 2.45) is 0 Å². The fourth-order valence-electron chi connectivity index (χ4n) is 2.82. The molecule has 2 rings (SSSR count). The van der Waals surface area contributed by atoms with Crippen LogP contribution in [-0.4, -0.2) is 33.7 Å². The van der Waals surface area contributed by atoms with Crippen LogP contribution in [0.15, 0.2) is 42.5 Å². The van der Waals surface area contributed by atoms with Gasteiger partial charge in [-0.3, -0.25) is 4.90 Å². The van der Waals surface area contributed by atoms with Gasteiger partial charge >= 0.3 is 12.3 Å². The van der Waals surface area contributed by atoms with Crippen molar-refractivity contribution in [1.29, 1.82) is 0 Å². The van der Waals surface area contributed by atoms with Crippen molar-refractivity contribution in [2.75, 3.05) is 7.11 Å². The number of alkyl halides is 3. The van der Waals surface area contributed by atoms with Crippen LogP contribution in [0, 0.1) is 0 Å². The third-order valence-electron chi connectivity index (χ3n) is 3.95. The number of nitrogens with zero attached hydrogens (tertiary/aromatic N) is 2. The lowest BCUT2D eigenvalue weighted by Gasteiger charge is -2.39. The first-order chi connectivity index (χ1) is 12.4. The summed E-state index contributed by atoms with van der Waals surface area (Å²) in [5, 5.41) is 9.80. The van der Waals surface area contributed by atoms with Gasteiger partial charge in [0, 0.05) is 11.6 Å². The molecule has 1 amide bonds. The Morgan fingerprint density at radius 1 is 1.15 bits per heavy atom. The lowest BCUT2D eigenvalue weighted by atomic mass is 9.94. The first-order valence-electron chi connectivity index (χ1n) is 8.15. The van der Waals surface area contributed by atoms with E-state index in [0.29, 0.717) is 0 Å². The standard InChI is InChI=1S/C19H21F3N2O3/c1-18(2,3)24(17(25)26)16(14-9-6-10-15(23-14)27-4)12-7-5-8-13(11-12)19(20,21)22/h5-11,16H,1-4H3,(H,25,26). The van der Waals surface area contributed by atoms with Crippen LogP contribution in [0.5, 0.6) is 5.88 Å². The average molecular weight is 382 g/mol. The van der Waals surface area contributed by atoms with Gasteiger partial charge < -0.3 is 9.84 Å². The lowest BCUT2D eigenvalue weighted by Crippen LogP contribution is -2.47. The number of pyridine rings is 1.